The first-order chi connectivity index (χ1) is 9.79. The Kier molecular flexibility index (Phi) is 3.68. The number of sulfonamides is 1. The lowest BCUT2D eigenvalue weighted by Crippen LogP contribution is -2.13. The third-order valence-electron chi connectivity index (χ3n) is 2.57. The van der Waals surface area contributed by atoms with Crippen molar-refractivity contribution < 1.29 is 23.6 Å². The molecule has 9 heteroatoms. The summed E-state index contributed by atoms with van der Waals surface area (Å²) in [6.45, 7) is 0. The Labute approximate surface area is 119 Å². The molecule has 0 aliphatic carbocycles. The van der Waals surface area contributed by atoms with Gasteiger partial charge < -0.3 is 10.2 Å². The molecule has 0 aromatic heterocycles. The maximum Gasteiger partial charge on any atom is 0.312 e. The molecule has 0 saturated heterocycles. The van der Waals surface area contributed by atoms with Gasteiger partial charge in [0.1, 0.15) is 5.75 Å². The van der Waals surface area contributed by atoms with E-state index in [1.165, 1.54) is 24.3 Å². The van der Waals surface area contributed by atoms with Crippen molar-refractivity contribution in [2.24, 2.45) is 0 Å². The van der Waals surface area contributed by atoms with E-state index in [2.05, 4.69) is 4.72 Å². The number of benzene rings is 2. The van der Waals surface area contributed by atoms with Crippen LogP contribution in [0.2, 0.25) is 0 Å². The van der Waals surface area contributed by atoms with Crippen LogP contribution in [0.5, 0.6) is 11.5 Å². The number of nitro benzene ring substituents is 1. The Morgan fingerprint density at radius 2 is 1.67 bits per heavy atom. The molecule has 0 saturated carbocycles. The van der Waals surface area contributed by atoms with E-state index in [9.17, 15) is 23.6 Å². The highest BCUT2D eigenvalue weighted by atomic mass is 32.2. The van der Waals surface area contributed by atoms with E-state index < -0.39 is 26.4 Å². The molecule has 0 radical (unpaired) electrons. The molecule has 0 atom stereocenters. The van der Waals surface area contributed by atoms with E-state index in [1.54, 1.807) is 0 Å². The lowest BCUT2D eigenvalue weighted by atomic mass is 10.3. The van der Waals surface area contributed by atoms with Gasteiger partial charge in [-0.2, -0.15) is 0 Å². The summed E-state index contributed by atoms with van der Waals surface area (Å²) in [5.41, 5.74) is -0.521. The highest BCUT2D eigenvalue weighted by Gasteiger charge is 2.21. The van der Waals surface area contributed by atoms with Gasteiger partial charge in [0.05, 0.1) is 9.82 Å². The Morgan fingerprint density at radius 1 is 1.05 bits per heavy atom. The number of nitrogens with one attached hydrogen (secondary N) is 1. The Balaban J connectivity index is 2.38. The summed E-state index contributed by atoms with van der Waals surface area (Å²) in [5.74, 6) is -0.651. The summed E-state index contributed by atoms with van der Waals surface area (Å²) < 4.78 is 26.4. The summed E-state index contributed by atoms with van der Waals surface area (Å²) in [4.78, 5) is 9.46. The zero-order chi connectivity index (χ0) is 15.6. The van der Waals surface area contributed by atoms with E-state index in [0.717, 1.165) is 18.2 Å². The average molecular weight is 310 g/mol. The zero-order valence-corrected chi connectivity index (χ0v) is 11.2. The number of nitrogens with zero attached hydrogens (tertiary/aromatic N) is 1. The van der Waals surface area contributed by atoms with Gasteiger partial charge >= 0.3 is 5.69 Å². The summed E-state index contributed by atoms with van der Waals surface area (Å²) in [6.07, 6.45) is 0. The molecular weight excluding hydrogens is 300 g/mol. The largest absolute Gasteiger partial charge is 0.508 e. The van der Waals surface area contributed by atoms with Crippen molar-refractivity contribution in [1.82, 2.24) is 0 Å². The van der Waals surface area contributed by atoms with Crippen molar-refractivity contribution in [3.63, 3.8) is 0 Å². The normalized spacial score (nSPS) is 11.0. The summed E-state index contributed by atoms with van der Waals surface area (Å²) in [6, 6.07) is 7.99. The van der Waals surface area contributed by atoms with Crippen molar-refractivity contribution in [2.75, 3.05) is 4.72 Å². The number of anilines is 1. The smallest absolute Gasteiger partial charge is 0.312 e. The number of phenols is 2. The van der Waals surface area contributed by atoms with Crippen LogP contribution in [-0.2, 0) is 10.0 Å². The maximum atomic E-state index is 12.1. The fraction of sp³-hybridized carbons (Fsp3) is 0. The molecule has 3 N–H and O–H groups in total. The molecule has 110 valence electrons. The van der Waals surface area contributed by atoms with Gasteiger partial charge in [0, 0.05) is 11.8 Å². The summed E-state index contributed by atoms with van der Waals surface area (Å²) in [7, 11) is -4.05. The monoisotopic (exact) mass is 310 g/mol. The van der Waals surface area contributed by atoms with Gasteiger partial charge in [-0.1, -0.05) is 0 Å². The molecule has 0 fully saturated rings. The van der Waals surface area contributed by atoms with Gasteiger partial charge in [-0.15, -0.1) is 0 Å². The predicted octanol–water partition coefficient (Wildman–Crippen LogP) is 1.81. The Bertz CT molecular complexity index is 786. The van der Waals surface area contributed by atoms with Crippen LogP contribution in [0.1, 0.15) is 0 Å². The summed E-state index contributed by atoms with van der Waals surface area (Å²) >= 11 is 0. The third kappa shape index (κ3) is 3.20. The van der Waals surface area contributed by atoms with Crippen molar-refractivity contribution in [3.8, 4) is 11.5 Å². The highest BCUT2D eigenvalue weighted by Crippen LogP contribution is 2.29. The van der Waals surface area contributed by atoms with E-state index in [4.69, 9.17) is 5.11 Å². The second-order valence-electron chi connectivity index (χ2n) is 4.06. The number of nitro groups is 1. The molecule has 0 amide bonds. The Hall–Kier alpha value is -2.81. The molecule has 2 aromatic carbocycles. The topological polar surface area (TPSA) is 130 Å². The van der Waals surface area contributed by atoms with Gasteiger partial charge in [0.25, 0.3) is 10.0 Å². The van der Waals surface area contributed by atoms with Crippen molar-refractivity contribution in [3.05, 3.63) is 52.6 Å². The molecule has 8 nitrogen and oxygen atoms in total. The van der Waals surface area contributed by atoms with Gasteiger partial charge in [-0.05, 0) is 36.4 Å². The van der Waals surface area contributed by atoms with E-state index in [0.29, 0.717) is 0 Å². The maximum absolute atomic E-state index is 12.1. The SMILES string of the molecule is O=[N+]([O-])c1cc(S(=O)(=O)Nc2ccc(O)cc2)ccc1O. The summed E-state index contributed by atoms with van der Waals surface area (Å²) in [5, 5.41) is 29.1. The standard InChI is InChI=1S/C12H10N2O6S/c15-9-3-1-8(2-4-9)13-21(19,20)10-5-6-12(16)11(7-10)14(17)18/h1-7,13,15-16H. The molecule has 0 aliphatic heterocycles. The van der Waals surface area contributed by atoms with Gasteiger partial charge in [0.15, 0.2) is 5.75 Å². The minimum atomic E-state index is -4.05. The van der Waals surface area contributed by atoms with Gasteiger partial charge in [-0.25, -0.2) is 8.42 Å². The first-order valence-corrected chi connectivity index (χ1v) is 7.07. The highest BCUT2D eigenvalue weighted by molar-refractivity contribution is 7.92. The Morgan fingerprint density at radius 3 is 2.24 bits per heavy atom. The van der Waals surface area contributed by atoms with Crippen LogP contribution in [0.3, 0.4) is 0 Å². The first kappa shape index (κ1) is 14.6. The number of hydrogen-bond acceptors (Lipinski definition) is 6. The number of phenolic OH excluding ortho intramolecular Hbond substituents is 2. The lowest BCUT2D eigenvalue weighted by molar-refractivity contribution is -0.386. The molecule has 0 aliphatic rings. The van der Waals surface area contributed by atoms with Gasteiger partial charge in [-0.3, -0.25) is 14.8 Å². The van der Waals surface area contributed by atoms with Gasteiger partial charge in [0.2, 0.25) is 0 Å². The van der Waals surface area contributed by atoms with E-state index in [-0.39, 0.29) is 16.3 Å². The van der Waals surface area contributed by atoms with Crippen LogP contribution >= 0.6 is 0 Å². The fourth-order valence-electron chi connectivity index (χ4n) is 1.56. The molecule has 0 bridgehead atoms. The van der Waals surface area contributed by atoms with Crippen molar-refractivity contribution in [1.29, 1.82) is 0 Å². The van der Waals surface area contributed by atoms with E-state index >= 15 is 0 Å². The van der Waals surface area contributed by atoms with Crippen LogP contribution in [0.15, 0.2) is 47.4 Å². The quantitative estimate of drug-likeness (QED) is 0.448. The minimum Gasteiger partial charge on any atom is -0.508 e. The molecule has 2 rings (SSSR count). The van der Waals surface area contributed by atoms with Crippen molar-refractivity contribution in [2.45, 2.75) is 4.90 Å². The molecule has 2 aromatic rings. The van der Waals surface area contributed by atoms with Crippen LogP contribution in [-0.4, -0.2) is 23.6 Å². The van der Waals surface area contributed by atoms with Crippen LogP contribution in [0, 0.1) is 10.1 Å². The lowest BCUT2D eigenvalue weighted by Gasteiger charge is -2.08. The molecule has 21 heavy (non-hydrogen) atoms. The van der Waals surface area contributed by atoms with Crippen LogP contribution in [0.4, 0.5) is 11.4 Å². The second kappa shape index (κ2) is 5.29. The molecular formula is C12H10N2O6S. The van der Waals surface area contributed by atoms with E-state index in [1.807, 2.05) is 0 Å². The predicted molar refractivity (Wildman–Crippen MR) is 73.7 cm³/mol. The number of aromatic hydroxyl groups is 2. The number of rotatable bonds is 4. The molecule has 0 unspecified atom stereocenters. The molecule has 0 spiro atoms. The van der Waals surface area contributed by atoms with Crippen LogP contribution in [0.25, 0.3) is 0 Å². The second-order valence-corrected chi connectivity index (χ2v) is 5.74. The molecule has 0 heterocycles. The minimum absolute atomic E-state index is 0.0294. The average Bonchev–Trinajstić information content (AvgIpc) is 2.41. The third-order valence-corrected chi connectivity index (χ3v) is 3.95. The van der Waals surface area contributed by atoms with Crippen LogP contribution < -0.4 is 4.72 Å². The first-order valence-electron chi connectivity index (χ1n) is 5.59. The number of hydrogen-bond donors (Lipinski definition) is 3. The fourth-order valence-corrected chi connectivity index (χ4v) is 2.64. The van der Waals surface area contributed by atoms with Crippen molar-refractivity contribution >= 4 is 21.4 Å². The zero-order valence-electron chi connectivity index (χ0n) is 10.4.